The van der Waals surface area contributed by atoms with Crippen LogP contribution in [0.25, 0.3) is 16.9 Å². The first-order chi connectivity index (χ1) is 13.1. The van der Waals surface area contributed by atoms with E-state index in [1.54, 1.807) is 11.8 Å². The summed E-state index contributed by atoms with van der Waals surface area (Å²) in [6, 6.07) is 11.7. The van der Waals surface area contributed by atoms with Crippen LogP contribution in [-0.2, 0) is 4.79 Å². The van der Waals surface area contributed by atoms with E-state index in [-0.39, 0.29) is 5.91 Å². The van der Waals surface area contributed by atoms with Crippen molar-refractivity contribution < 1.29 is 4.79 Å². The molecule has 1 amide bonds. The van der Waals surface area contributed by atoms with Gasteiger partial charge in [0.25, 0.3) is 0 Å². The Hall–Kier alpha value is -2.93. The van der Waals surface area contributed by atoms with Crippen LogP contribution in [0.4, 0.5) is 11.5 Å². The molecule has 0 saturated carbocycles. The number of benzene rings is 1. The van der Waals surface area contributed by atoms with Crippen molar-refractivity contribution in [3.63, 3.8) is 0 Å². The molecule has 0 aliphatic heterocycles. The van der Waals surface area contributed by atoms with Crippen LogP contribution in [0.2, 0.25) is 0 Å². The van der Waals surface area contributed by atoms with Gasteiger partial charge < -0.3 is 16.0 Å². The molecule has 27 heavy (non-hydrogen) atoms. The van der Waals surface area contributed by atoms with Gasteiger partial charge in [0, 0.05) is 37.8 Å². The van der Waals surface area contributed by atoms with Crippen molar-refractivity contribution in [2.24, 2.45) is 5.73 Å². The van der Waals surface area contributed by atoms with Gasteiger partial charge in [-0.05, 0) is 30.7 Å². The molecule has 0 saturated heterocycles. The zero-order valence-electron chi connectivity index (χ0n) is 15.9. The van der Waals surface area contributed by atoms with Crippen LogP contribution in [0.5, 0.6) is 0 Å². The topological polar surface area (TPSA) is 88.5 Å². The quantitative estimate of drug-likeness (QED) is 0.599. The average molecular weight is 366 g/mol. The summed E-state index contributed by atoms with van der Waals surface area (Å²) >= 11 is 0. The van der Waals surface area contributed by atoms with Gasteiger partial charge in [-0.1, -0.05) is 25.5 Å². The van der Waals surface area contributed by atoms with Crippen molar-refractivity contribution >= 4 is 23.1 Å². The summed E-state index contributed by atoms with van der Waals surface area (Å²) in [5.74, 6) is 0.810. The predicted molar refractivity (Wildman–Crippen MR) is 109 cm³/mol. The summed E-state index contributed by atoms with van der Waals surface area (Å²) in [5, 5.41) is 8.00. The smallest absolute Gasteiger partial charge is 0.223 e. The number of imidazole rings is 1. The summed E-state index contributed by atoms with van der Waals surface area (Å²) in [4.78, 5) is 17.9. The van der Waals surface area contributed by atoms with Gasteiger partial charge in [0.05, 0.1) is 11.9 Å². The fraction of sp³-hybridized carbons (Fsp3) is 0.350. The second kappa shape index (κ2) is 8.64. The molecule has 3 aromatic rings. The van der Waals surface area contributed by atoms with Gasteiger partial charge in [0.2, 0.25) is 5.91 Å². The molecule has 2 heterocycles. The molecule has 142 valence electrons. The molecule has 0 atom stereocenters. The Kier molecular flexibility index (Phi) is 6.03. The third-order valence-corrected chi connectivity index (χ3v) is 4.41. The highest BCUT2D eigenvalue weighted by Gasteiger charge is 2.12. The van der Waals surface area contributed by atoms with Gasteiger partial charge in [-0.25, -0.2) is 9.50 Å². The van der Waals surface area contributed by atoms with Crippen molar-refractivity contribution in [2.45, 2.75) is 26.7 Å². The Labute approximate surface area is 159 Å². The van der Waals surface area contributed by atoms with Gasteiger partial charge >= 0.3 is 0 Å². The molecule has 0 aliphatic rings. The molecule has 3 rings (SSSR count). The summed E-state index contributed by atoms with van der Waals surface area (Å²) in [6.07, 6.45) is 4.06. The molecule has 2 aromatic heterocycles. The lowest BCUT2D eigenvalue weighted by Crippen LogP contribution is -2.33. The summed E-state index contributed by atoms with van der Waals surface area (Å²) in [7, 11) is 0. The average Bonchev–Trinajstić information content (AvgIpc) is 3.09. The third kappa shape index (κ3) is 4.25. The summed E-state index contributed by atoms with van der Waals surface area (Å²) in [5.41, 5.74) is 9.13. The van der Waals surface area contributed by atoms with E-state index in [2.05, 4.69) is 22.3 Å². The lowest BCUT2D eigenvalue weighted by atomic mass is 10.1. The number of amides is 1. The largest absolute Gasteiger partial charge is 0.369 e. The molecule has 0 aliphatic carbocycles. The number of rotatable bonds is 8. The van der Waals surface area contributed by atoms with E-state index >= 15 is 0 Å². The molecular weight excluding hydrogens is 340 g/mol. The zero-order valence-corrected chi connectivity index (χ0v) is 15.9. The first-order valence-electron chi connectivity index (χ1n) is 9.31. The zero-order chi connectivity index (χ0) is 19.2. The second-order valence-electron chi connectivity index (χ2n) is 6.42. The number of carbonyl (C=O) groups is 1. The second-order valence-corrected chi connectivity index (χ2v) is 6.42. The number of hydrogen-bond acceptors (Lipinski definition) is 5. The van der Waals surface area contributed by atoms with Crippen LogP contribution < -0.4 is 16.0 Å². The van der Waals surface area contributed by atoms with Gasteiger partial charge in [-0.2, -0.15) is 0 Å². The SMILES string of the molecule is CCCCNc1ccc2ncc(-c3ccc(N(CCN)C(C)=O)cc3)n2n1. The van der Waals surface area contributed by atoms with Crippen molar-refractivity contribution in [1.29, 1.82) is 0 Å². The third-order valence-electron chi connectivity index (χ3n) is 4.41. The highest BCUT2D eigenvalue weighted by atomic mass is 16.2. The number of fused-ring (bicyclic) bond motifs is 1. The van der Waals surface area contributed by atoms with Crippen LogP contribution >= 0.6 is 0 Å². The van der Waals surface area contributed by atoms with Gasteiger partial charge in [0.1, 0.15) is 5.82 Å². The molecule has 7 nitrogen and oxygen atoms in total. The molecule has 0 spiro atoms. The fourth-order valence-electron chi connectivity index (χ4n) is 2.97. The lowest BCUT2D eigenvalue weighted by Gasteiger charge is -2.20. The Morgan fingerprint density at radius 2 is 2.00 bits per heavy atom. The van der Waals surface area contributed by atoms with Crippen LogP contribution in [-0.4, -0.2) is 40.1 Å². The maximum atomic E-state index is 11.8. The summed E-state index contributed by atoms with van der Waals surface area (Å²) < 4.78 is 1.84. The van der Waals surface area contributed by atoms with E-state index < -0.39 is 0 Å². The van der Waals surface area contributed by atoms with E-state index in [1.807, 2.05) is 47.1 Å². The predicted octanol–water partition coefficient (Wildman–Crippen LogP) is 2.92. The molecule has 0 fully saturated rings. The number of anilines is 2. The van der Waals surface area contributed by atoms with Crippen molar-refractivity contribution in [3.8, 4) is 11.3 Å². The number of nitrogens with two attached hydrogens (primary N) is 1. The first kappa shape index (κ1) is 18.8. The van der Waals surface area contributed by atoms with E-state index in [1.165, 1.54) is 0 Å². The Balaban J connectivity index is 1.88. The number of carbonyl (C=O) groups excluding carboxylic acids is 1. The Bertz CT molecular complexity index is 902. The van der Waals surface area contributed by atoms with E-state index in [4.69, 9.17) is 5.73 Å². The van der Waals surface area contributed by atoms with Crippen LogP contribution in [0.15, 0.2) is 42.6 Å². The molecule has 0 unspecified atom stereocenters. The van der Waals surface area contributed by atoms with Gasteiger partial charge in [-0.3, -0.25) is 4.79 Å². The Morgan fingerprint density at radius 1 is 1.22 bits per heavy atom. The molecule has 3 N–H and O–H groups in total. The fourth-order valence-corrected chi connectivity index (χ4v) is 2.97. The first-order valence-corrected chi connectivity index (χ1v) is 9.31. The highest BCUT2D eigenvalue weighted by molar-refractivity contribution is 5.91. The Morgan fingerprint density at radius 3 is 2.67 bits per heavy atom. The molecule has 0 radical (unpaired) electrons. The number of nitrogens with one attached hydrogen (secondary N) is 1. The van der Waals surface area contributed by atoms with Crippen molar-refractivity contribution in [2.75, 3.05) is 29.9 Å². The number of aromatic nitrogens is 3. The molecular formula is C20H26N6O. The molecule has 1 aromatic carbocycles. The van der Waals surface area contributed by atoms with E-state index in [0.717, 1.165) is 47.8 Å². The maximum Gasteiger partial charge on any atom is 0.223 e. The minimum atomic E-state index is -0.0209. The summed E-state index contributed by atoms with van der Waals surface area (Å²) in [6.45, 7) is 5.53. The van der Waals surface area contributed by atoms with Crippen molar-refractivity contribution in [3.05, 3.63) is 42.6 Å². The lowest BCUT2D eigenvalue weighted by molar-refractivity contribution is -0.116. The van der Waals surface area contributed by atoms with E-state index in [0.29, 0.717) is 13.1 Å². The maximum absolute atomic E-state index is 11.8. The number of nitrogens with zero attached hydrogens (tertiary/aromatic N) is 4. The van der Waals surface area contributed by atoms with E-state index in [9.17, 15) is 4.79 Å². The number of hydrogen-bond donors (Lipinski definition) is 2. The monoisotopic (exact) mass is 366 g/mol. The number of unbranched alkanes of at least 4 members (excludes halogenated alkanes) is 1. The van der Waals surface area contributed by atoms with Gasteiger partial charge in [-0.15, -0.1) is 5.10 Å². The standard InChI is InChI=1S/C20H26N6O/c1-3-4-12-22-19-9-10-20-23-14-18(26(20)24-19)16-5-7-17(8-6-16)25(13-11-21)15(2)27/h5-10,14H,3-4,11-13,21H2,1-2H3,(H,22,24). The molecule has 0 bridgehead atoms. The molecule has 7 heteroatoms. The minimum absolute atomic E-state index is 0.0209. The van der Waals surface area contributed by atoms with Crippen LogP contribution in [0.1, 0.15) is 26.7 Å². The minimum Gasteiger partial charge on any atom is -0.369 e. The van der Waals surface area contributed by atoms with Crippen molar-refractivity contribution in [1.82, 2.24) is 14.6 Å². The highest BCUT2D eigenvalue weighted by Crippen LogP contribution is 2.24. The van der Waals surface area contributed by atoms with Crippen LogP contribution in [0, 0.1) is 0 Å². The van der Waals surface area contributed by atoms with Gasteiger partial charge in [0.15, 0.2) is 5.65 Å². The normalized spacial score (nSPS) is 10.9. The van der Waals surface area contributed by atoms with Crippen LogP contribution in [0.3, 0.4) is 0 Å².